The van der Waals surface area contributed by atoms with Crippen molar-refractivity contribution in [3.8, 4) is 0 Å². The fourth-order valence-electron chi connectivity index (χ4n) is 3.20. The molecule has 3 aromatic rings. The van der Waals surface area contributed by atoms with Gasteiger partial charge in [-0.15, -0.1) is 11.3 Å². The van der Waals surface area contributed by atoms with E-state index >= 15 is 0 Å². The highest BCUT2D eigenvalue weighted by molar-refractivity contribution is 9.10. The molecular weight excluding hydrogens is 420 g/mol. The molecule has 4 nitrogen and oxygen atoms in total. The van der Waals surface area contributed by atoms with E-state index in [4.69, 9.17) is 4.98 Å². The summed E-state index contributed by atoms with van der Waals surface area (Å²) in [5.41, 5.74) is 0.995. The lowest BCUT2D eigenvalue weighted by Crippen LogP contribution is -2.39. The number of aromatic nitrogens is 1. The van der Waals surface area contributed by atoms with Gasteiger partial charge in [-0.25, -0.2) is 13.4 Å². The Morgan fingerprint density at radius 2 is 2.00 bits per heavy atom. The number of halogens is 1. The summed E-state index contributed by atoms with van der Waals surface area (Å²) < 4.78 is 29.5. The van der Waals surface area contributed by atoms with Gasteiger partial charge in [-0.1, -0.05) is 34.1 Å². The van der Waals surface area contributed by atoms with Gasteiger partial charge >= 0.3 is 0 Å². The first kappa shape index (κ1) is 17.1. The van der Waals surface area contributed by atoms with Crippen LogP contribution in [0.25, 0.3) is 10.2 Å². The summed E-state index contributed by atoms with van der Waals surface area (Å²) in [4.78, 5) is 5.07. The maximum Gasteiger partial charge on any atom is 0.243 e. The van der Waals surface area contributed by atoms with Gasteiger partial charge in [-0.3, -0.25) is 0 Å². The van der Waals surface area contributed by atoms with Gasteiger partial charge in [-0.05, 0) is 43.2 Å². The molecule has 1 fully saturated rings. The third kappa shape index (κ3) is 3.38. The number of piperidine rings is 1. The van der Waals surface area contributed by atoms with Crippen molar-refractivity contribution in [3.05, 3.63) is 58.0 Å². The van der Waals surface area contributed by atoms with E-state index in [1.807, 2.05) is 24.3 Å². The lowest BCUT2D eigenvalue weighted by atomic mass is 10.0. The predicted octanol–water partition coefficient (Wildman–Crippen LogP) is 4.63. The number of hydrogen-bond acceptors (Lipinski definition) is 4. The summed E-state index contributed by atoms with van der Waals surface area (Å²) in [7, 11) is -3.48. The molecule has 1 aromatic heterocycles. The zero-order valence-electron chi connectivity index (χ0n) is 13.4. The van der Waals surface area contributed by atoms with Gasteiger partial charge < -0.3 is 0 Å². The van der Waals surface area contributed by atoms with E-state index in [9.17, 15) is 8.42 Å². The average Bonchev–Trinajstić information content (AvgIpc) is 3.06. The largest absolute Gasteiger partial charge is 0.243 e. The monoisotopic (exact) mass is 436 g/mol. The summed E-state index contributed by atoms with van der Waals surface area (Å²) >= 11 is 5.03. The molecule has 0 radical (unpaired) electrons. The average molecular weight is 437 g/mol. The Hall–Kier alpha value is -1.28. The molecule has 1 aliphatic rings. The van der Waals surface area contributed by atoms with E-state index in [-0.39, 0.29) is 5.92 Å². The molecule has 1 saturated heterocycles. The Balaban J connectivity index is 1.62. The summed E-state index contributed by atoms with van der Waals surface area (Å²) in [5.74, 6) is 0.160. The highest BCUT2D eigenvalue weighted by atomic mass is 79.9. The Morgan fingerprint density at radius 1 is 1.16 bits per heavy atom. The number of rotatable bonds is 3. The maximum absolute atomic E-state index is 13.0. The molecule has 4 rings (SSSR count). The van der Waals surface area contributed by atoms with Crippen molar-refractivity contribution >= 4 is 47.5 Å². The number of benzene rings is 2. The number of nitrogens with zero attached hydrogens (tertiary/aromatic N) is 2. The van der Waals surface area contributed by atoms with Crippen LogP contribution < -0.4 is 0 Å². The van der Waals surface area contributed by atoms with Crippen LogP contribution in [0, 0.1) is 0 Å². The van der Waals surface area contributed by atoms with Crippen molar-refractivity contribution in [2.45, 2.75) is 23.7 Å². The Morgan fingerprint density at radius 3 is 2.80 bits per heavy atom. The molecule has 25 heavy (non-hydrogen) atoms. The third-order valence-corrected chi connectivity index (χ3v) is 8.03. The molecule has 2 aromatic carbocycles. The van der Waals surface area contributed by atoms with Gasteiger partial charge in [0.2, 0.25) is 10.0 Å². The van der Waals surface area contributed by atoms with Gasteiger partial charge in [0.15, 0.2) is 0 Å². The van der Waals surface area contributed by atoms with E-state index in [1.165, 1.54) is 0 Å². The SMILES string of the molecule is O=S(=O)(c1cccc(Br)c1)N1CCCC(c2nc3ccccc3s2)C1. The van der Waals surface area contributed by atoms with Crippen LogP contribution in [0.5, 0.6) is 0 Å². The van der Waals surface area contributed by atoms with Crippen LogP contribution in [0.15, 0.2) is 57.9 Å². The topological polar surface area (TPSA) is 50.3 Å². The van der Waals surface area contributed by atoms with E-state index in [0.29, 0.717) is 18.0 Å². The van der Waals surface area contributed by atoms with Crippen molar-refractivity contribution in [2.24, 2.45) is 0 Å². The Labute approximate surface area is 159 Å². The zero-order chi connectivity index (χ0) is 17.4. The summed E-state index contributed by atoms with van der Waals surface area (Å²) in [6.45, 7) is 1.06. The van der Waals surface area contributed by atoms with E-state index in [0.717, 1.165) is 32.5 Å². The lowest BCUT2D eigenvalue weighted by Gasteiger charge is -2.31. The molecule has 7 heteroatoms. The van der Waals surface area contributed by atoms with E-state index < -0.39 is 10.0 Å². The Bertz CT molecular complexity index is 984. The fraction of sp³-hybridized carbons (Fsp3) is 0.278. The first-order valence-electron chi connectivity index (χ1n) is 8.15. The minimum absolute atomic E-state index is 0.160. The smallest absolute Gasteiger partial charge is 0.241 e. The first-order chi connectivity index (χ1) is 12.0. The lowest BCUT2D eigenvalue weighted by molar-refractivity contribution is 0.315. The summed E-state index contributed by atoms with van der Waals surface area (Å²) in [6.07, 6.45) is 1.83. The first-order valence-corrected chi connectivity index (χ1v) is 11.2. The molecule has 130 valence electrons. The molecule has 1 unspecified atom stereocenters. The number of hydrogen-bond donors (Lipinski definition) is 0. The predicted molar refractivity (Wildman–Crippen MR) is 104 cm³/mol. The Kier molecular flexibility index (Phi) is 4.66. The zero-order valence-corrected chi connectivity index (χ0v) is 16.6. The van der Waals surface area contributed by atoms with Crippen LogP contribution in [0.3, 0.4) is 0 Å². The summed E-state index contributed by atoms with van der Waals surface area (Å²) in [5, 5.41) is 1.04. The molecule has 0 amide bonds. The molecule has 0 bridgehead atoms. The van der Waals surface area contributed by atoms with Crippen LogP contribution in [0.1, 0.15) is 23.8 Å². The minimum Gasteiger partial charge on any atom is -0.241 e. The molecule has 1 aliphatic heterocycles. The molecular formula is C18H17BrN2O2S2. The van der Waals surface area contributed by atoms with Gasteiger partial charge in [0.05, 0.1) is 20.1 Å². The van der Waals surface area contributed by atoms with Crippen LogP contribution in [-0.4, -0.2) is 30.8 Å². The third-order valence-electron chi connectivity index (χ3n) is 4.48. The molecule has 0 saturated carbocycles. The van der Waals surface area contributed by atoms with Crippen LogP contribution in [0.2, 0.25) is 0 Å². The molecule has 0 spiro atoms. The van der Waals surface area contributed by atoms with Crippen molar-refractivity contribution in [3.63, 3.8) is 0 Å². The maximum atomic E-state index is 13.0. The van der Waals surface area contributed by atoms with Crippen molar-refractivity contribution in [2.75, 3.05) is 13.1 Å². The fourth-order valence-corrected chi connectivity index (χ4v) is 6.42. The van der Waals surface area contributed by atoms with Crippen molar-refractivity contribution in [1.82, 2.24) is 9.29 Å². The second kappa shape index (κ2) is 6.79. The molecule has 1 atom stereocenters. The molecule has 2 heterocycles. The standard InChI is InChI=1S/C18H17BrN2O2S2/c19-14-6-3-7-15(11-14)25(22,23)21-10-4-5-13(12-21)18-20-16-8-1-2-9-17(16)24-18/h1-3,6-9,11,13H,4-5,10,12H2. The van der Waals surface area contributed by atoms with Crippen LogP contribution in [0.4, 0.5) is 0 Å². The molecule has 0 N–H and O–H groups in total. The van der Waals surface area contributed by atoms with Gasteiger partial charge in [0, 0.05) is 23.5 Å². The molecule has 0 aliphatic carbocycles. The number of para-hydroxylation sites is 1. The van der Waals surface area contributed by atoms with Crippen molar-refractivity contribution < 1.29 is 8.42 Å². The van der Waals surface area contributed by atoms with E-state index in [1.54, 1.807) is 33.8 Å². The van der Waals surface area contributed by atoms with Gasteiger partial charge in [-0.2, -0.15) is 4.31 Å². The van der Waals surface area contributed by atoms with Gasteiger partial charge in [0.1, 0.15) is 0 Å². The quantitative estimate of drug-likeness (QED) is 0.601. The highest BCUT2D eigenvalue weighted by Gasteiger charge is 2.32. The second-order valence-corrected chi connectivity index (χ2v) is 10.1. The summed E-state index contributed by atoms with van der Waals surface area (Å²) in [6, 6.07) is 15.0. The number of fused-ring (bicyclic) bond motifs is 1. The number of thiazole rings is 1. The number of sulfonamides is 1. The van der Waals surface area contributed by atoms with Crippen molar-refractivity contribution in [1.29, 1.82) is 0 Å². The van der Waals surface area contributed by atoms with E-state index in [2.05, 4.69) is 22.0 Å². The van der Waals surface area contributed by atoms with Gasteiger partial charge in [0.25, 0.3) is 0 Å². The van der Waals surface area contributed by atoms with Crippen LogP contribution >= 0.6 is 27.3 Å². The second-order valence-electron chi connectivity index (χ2n) is 6.18. The van der Waals surface area contributed by atoms with Crippen LogP contribution in [-0.2, 0) is 10.0 Å². The highest BCUT2D eigenvalue weighted by Crippen LogP contribution is 2.34. The minimum atomic E-state index is -3.48. The normalized spacial score (nSPS) is 19.3.